The second kappa shape index (κ2) is 8.36. The molecular formula is C17H18Cl2N4O2. The molecule has 25 heavy (non-hydrogen) atoms. The minimum atomic E-state index is -0.152. The van der Waals surface area contributed by atoms with Gasteiger partial charge < -0.3 is 15.0 Å². The maximum absolute atomic E-state index is 12.1. The zero-order valence-electron chi connectivity index (χ0n) is 13.5. The third kappa shape index (κ3) is 4.96. The van der Waals surface area contributed by atoms with Gasteiger partial charge in [-0.1, -0.05) is 23.2 Å². The molecule has 1 N–H and O–H groups in total. The Hall–Kier alpha value is -2.05. The Morgan fingerprint density at radius 1 is 1.20 bits per heavy atom. The quantitative estimate of drug-likeness (QED) is 0.863. The summed E-state index contributed by atoms with van der Waals surface area (Å²) in [5, 5.41) is 3.85. The molecule has 6 nitrogen and oxygen atoms in total. The largest absolute Gasteiger partial charge is 0.484 e. The van der Waals surface area contributed by atoms with Crippen LogP contribution < -0.4 is 15.0 Å². The molecule has 132 valence electrons. The summed E-state index contributed by atoms with van der Waals surface area (Å²) in [6.45, 7) is 1.56. The van der Waals surface area contributed by atoms with Gasteiger partial charge in [0.15, 0.2) is 6.61 Å². The Bertz CT molecular complexity index is 722. The van der Waals surface area contributed by atoms with Crippen LogP contribution in [0.5, 0.6) is 5.75 Å². The molecule has 1 fully saturated rings. The first-order valence-electron chi connectivity index (χ1n) is 8.01. The molecular weight excluding hydrogens is 363 g/mol. The number of halogens is 2. The minimum Gasteiger partial charge on any atom is -0.484 e. The fourth-order valence-corrected chi connectivity index (χ4v) is 2.95. The molecule has 0 atom stereocenters. The van der Waals surface area contributed by atoms with Gasteiger partial charge in [-0.2, -0.15) is 0 Å². The molecule has 0 bridgehead atoms. The van der Waals surface area contributed by atoms with E-state index < -0.39 is 0 Å². The molecule has 0 unspecified atom stereocenters. The highest BCUT2D eigenvalue weighted by atomic mass is 35.5. The number of carbonyl (C=O) groups excluding carboxylic acids is 1. The van der Waals surface area contributed by atoms with Gasteiger partial charge in [-0.15, -0.1) is 0 Å². The summed E-state index contributed by atoms with van der Waals surface area (Å²) in [7, 11) is 0. The average molecular weight is 381 g/mol. The van der Waals surface area contributed by atoms with Crippen LogP contribution in [-0.4, -0.2) is 41.6 Å². The highest BCUT2D eigenvalue weighted by Gasteiger charge is 2.22. The van der Waals surface area contributed by atoms with Gasteiger partial charge in [-0.05, 0) is 31.0 Å². The van der Waals surface area contributed by atoms with E-state index in [0.29, 0.717) is 15.8 Å². The van der Waals surface area contributed by atoms with E-state index in [1.807, 2.05) is 0 Å². The van der Waals surface area contributed by atoms with Gasteiger partial charge >= 0.3 is 0 Å². The van der Waals surface area contributed by atoms with Crippen LogP contribution in [0.2, 0.25) is 10.0 Å². The number of nitrogens with one attached hydrogen (secondary N) is 1. The monoisotopic (exact) mass is 380 g/mol. The lowest BCUT2D eigenvalue weighted by atomic mass is 10.1. The molecule has 2 heterocycles. The second-order valence-electron chi connectivity index (χ2n) is 5.74. The number of hydrogen-bond acceptors (Lipinski definition) is 5. The number of aromatic nitrogens is 2. The van der Waals surface area contributed by atoms with Crippen LogP contribution in [0.1, 0.15) is 12.8 Å². The van der Waals surface area contributed by atoms with E-state index in [1.165, 1.54) is 0 Å². The molecule has 2 aromatic rings. The van der Waals surface area contributed by atoms with Gasteiger partial charge in [-0.25, -0.2) is 9.97 Å². The molecule has 0 radical (unpaired) electrons. The fraction of sp³-hybridized carbons (Fsp3) is 0.353. The van der Waals surface area contributed by atoms with Crippen molar-refractivity contribution in [1.29, 1.82) is 0 Å². The number of anilines is 1. The van der Waals surface area contributed by atoms with E-state index >= 15 is 0 Å². The summed E-state index contributed by atoms with van der Waals surface area (Å²) >= 11 is 11.8. The highest BCUT2D eigenvalue weighted by molar-refractivity contribution is 6.42. The number of piperidine rings is 1. The average Bonchev–Trinajstić information content (AvgIpc) is 2.64. The lowest BCUT2D eigenvalue weighted by Crippen LogP contribution is -2.46. The van der Waals surface area contributed by atoms with E-state index in [0.717, 1.165) is 31.9 Å². The molecule has 1 aliphatic rings. The minimum absolute atomic E-state index is 0.0556. The van der Waals surface area contributed by atoms with Crippen molar-refractivity contribution in [2.45, 2.75) is 18.9 Å². The summed E-state index contributed by atoms with van der Waals surface area (Å²) in [5.74, 6) is 1.09. The number of rotatable bonds is 5. The summed E-state index contributed by atoms with van der Waals surface area (Å²) in [4.78, 5) is 22.7. The first kappa shape index (κ1) is 17.8. The number of hydrogen-bond donors (Lipinski definition) is 1. The third-order valence-corrected chi connectivity index (χ3v) is 4.70. The van der Waals surface area contributed by atoms with E-state index in [1.54, 1.807) is 36.7 Å². The van der Waals surface area contributed by atoms with Crippen molar-refractivity contribution in [3.05, 3.63) is 46.7 Å². The van der Waals surface area contributed by atoms with Crippen molar-refractivity contribution in [3.8, 4) is 5.75 Å². The summed E-state index contributed by atoms with van der Waals surface area (Å²) in [6.07, 6.45) is 5.15. The topological polar surface area (TPSA) is 67.3 Å². The maximum Gasteiger partial charge on any atom is 0.258 e. The fourth-order valence-electron chi connectivity index (χ4n) is 2.66. The molecule has 8 heteroatoms. The first-order valence-corrected chi connectivity index (χ1v) is 8.76. The lowest BCUT2D eigenvalue weighted by Gasteiger charge is -2.32. The molecule has 1 aromatic carbocycles. The van der Waals surface area contributed by atoms with Crippen LogP contribution in [0.3, 0.4) is 0 Å². The van der Waals surface area contributed by atoms with Crippen LogP contribution in [-0.2, 0) is 4.79 Å². The van der Waals surface area contributed by atoms with Gasteiger partial charge in [0.05, 0.1) is 10.0 Å². The van der Waals surface area contributed by atoms with Crippen molar-refractivity contribution in [3.63, 3.8) is 0 Å². The predicted molar refractivity (Wildman–Crippen MR) is 97.4 cm³/mol. The lowest BCUT2D eigenvalue weighted by molar-refractivity contribution is -0.123. The van der Waals surface area contributed by atoms with Gasteiger partial charge in [0.1, 0.15) is 5.75 Å². The number of carbonyl (C=O) groups is 1. The van der Waals surface area contributed by atoms with Crippen LogP contribution in [0, 0.1) is 0 Å². The highest BCUT2D eigenvalue weighted by Crippen LogP contribution is 2.26. The number of ether oxygens (including phenoxy) is 1. The first-order chi connectivity index (χ1) is 12.1. The van der Waals surface area contributed by atoms with Gasteiger partial charge in [0.2, 0.25) is 5.95 Å². The Morgan fingerprint density at radius 3 is 2.60 bits per heavy atom. The zero-order valence-corrected chi connectivity index (χ0v) is 15.0. The van der Waals surface area contributed by atoms with Crippen LogP contribution in [0.15, 0.2) is 36.7 Å². The SMILES string of the molecule is O=C(COc1ccc(Cl)c(Cl)c1)NC1CCN(c2ncccn2)CC1. The Balaban J connectivity index is 1.42. The molecule has 1 aliphatic heterocycles. The van der Waals surface area contributed by atoms with Crippen molar-refractivity contribution in [2.24, 2.45) is 0 Å². The van der Waals surface area contributed by atoms with Gasteiger partial charge in [-0.3, -0.25) is 4.79 Å². The second-order valence-corrected chi connectivity index (χ2v) is 6.56. The van der Waals surface area contributed by atoms with Crippen LogP contribution in [0.4, 0.5) is 5.95 Å². The van der Waals surface area contributed by atoms with Crippen LogP contribution >= 0.6 is 23.2 Å². The third-order valence-electron chi connectivity index (χ3n) is 3.96. The van der Waals surface area contributed by atoms with Crippen LogP contribution in [0.25, 0.3) is 0 Å². The Labute approximate surface area is 156 Å². The summed E-state index contributed by atoms with van der Waals surface area (Å²) < 4.78 is 5.45. The zero-order chi connectivity index (χ0) is 17.6. The normalized spacial score (nSPS) is 15.0. The number of nitrogens with zero attached hydrogens (tertiary/aromatic N) is 3. The maximum atomic E-state index is 12.1. The van der Waals surface area contributed by atoms with E-state index in [-0.39, 0.29) is 18.6 Å². The molecule has 1 amide bonds. The van der Waals surface area contributed by atoms with E-state index in [4.69, 9.17) is 27.9 Å². The van der Waals surface area contributed by atoms with Crippen molar-refractivity contribution < 1.29 is 9.53 Å². The molecule has 1 saturated heterocycles. The summed E-state index contributed by atoms with van der Waals surface area (Å²) in [5.41, 5.74) is 0. The standard InChI is InChI=1S/C17H18Cl2N4O2/c18-14-3-2-13(10-15(14)19)25-11-16(24)22-12-4-8-23(9-5-12)17-20-6-1-7-21-17/h1-3,6-7,10,12H,4-5,8-9,11H2,(H,22,24). The number of benzene rings is 1. The molecule has 3 rings (SSSR count). The van der Waals surface area contributed by atoms with Crippen molar-refractivity contribution in [1.82, 2.24) is 15.3 Å². The van der Waals surface area contributed by atoms with E-state index in [9.17, 15) is 4.79 Å². The Morgan fingerprint density at radius 2 is 1.92 bits per heavy atom. The predicted octanol–water partition coefficient (Wildman–Crippen LogP) is 2.95. The smallest absolute Gasteiger partial charge is 0.258 e. The van der Waals surface area contributed by atoms with Gasteiger partial charge in [0.25, 0.3) is 5.91 Å². The summed E-state index contributed by atoms with van der Waals surface area (Å²) in [6, 6.07) is 6.84. The van der Waals surface area contributed by atoms with Crippen molar-refractivity contribution >= 4 is 35.1 Å². The molecule has 0 spiro atoms. The van der Waals surface area contributed by atoms with Gasteiger partial charge in [0, 0.05) is 37.6 Å². The molecule has 0 saturated carbocycles. The molecule has 1 aromatic heterocycles. The van der Waals surface area contributed by atoms with E-state index in [2.05, 4.69) is 20.2 Å². The number of amides is 1. The molecule has 0 aliphatic carbocycles. The van der Waals surface area contributed by atoms with Crippen molar-refractivity contribution in [2.75, 3.05) is 24.6 Å². The Kier molecular flexibility index (Phi) is 5.94.